The molecule has 0 atom stereocenters. The number of hydrogen-bond acceptors (Lipinski definition) is 1. The summed E-state index contributed by atoms with van der Waals surface area (Å²) in [6.07, 6.45) is 5.24. The van der Waals surface area contributed by atoms with Crippen LogP contribution < -0.4 is 5.32 Å². The standard InChI is InChI=1S/C13H29N/c1-7-12(2,3)11-13(4,5)9-8-10-14-6/h14H,7-11H2,1-6H3. The molecule has 1 nitrogen and oxygen atoms in total. The molecule has 0 heterocycles. The second-order valence-corrected chi connectivity index (χ2v) is 6.07. The van der Waals surface area contributed by atoms with Crippen molar-refractivity contribution in [1.29, 1.82) is 0 Å². The minimum Gasteiger partial charge on any atom is -0.320 e. The Morgan fingerprint density at radius 3 is 2.00 bits per heavy atom. The molecular formula is C13H29N. The van der Waals surface area contributed by atoms with E-state index < -0.39 is 0 Å². The third kappa shape index (κ3) is 6.42. The molecule has 0 aromatic heterocycles. The van der Waals surface area contributed by atoms with Crippen molar-refractivity contribution in [2.24, 2.45) is 10.8 Å². The fourth-order valence-electron chi connectivity index (χ4n) is 2.25. The van der Waals surface area contributed by atoms with Gasteiger partial charge in [0.05, 0.1) is 0 Å². The first-order chi connectivity index (χ1) is 6.33. The molecule has 14 heavy (non-hydrogen) atoms. The van der Waals surface area contributed by atoms with Crippen LogP contribution in [-0.4, -0.2) is 13.6 Å². The number of rotatable bonds is 7. The Balaban J connectivity index is 3.93. The summed E-state index contributed by atoms with van der Waals surface area (Å²) in [6, 6.07) is 0. The van der Waals surface area contributed by atoms with Gasteiger partial charge in [-0.05, 0) is 43.7 Å². The van der Waals surface area contributed by atoms with E-state index in [0.29, 0.717) is 10.8 Å². The average molecular weight is 199 g/mol. The van der Waals surface area contributed by atoms with Crippen molar-refractivity contribution in [1.82, 2.24) is 5.32 Å². The van der Waals surface area contributed by atoms with E-state index >= 15 is 0 Å². The van der Waals surface area contributed by atoms with Crippen LogP contribution in [0.2, 0.25) is 0 Å². The van der Waals surface area contributed by atoms with E-state index in [4.69, 9.17) is 0 Å². The largest absolute Gasteiger partial charge is 0.320 e. The second kappa shape index (κ2) is 5.75. The minimum atomic E-state index is 0.496. The SMILES string of the molecule is CCC(C)(C)CC(C)(C)CCCNC. The second-order valence-electron chi connectivity index (χ2n) is 6.07. The Kier molecular flexibility index (Phi) is 5.73. The van der Waals surface area contributed by atoms with Gasteiger partial charge in [0, 0.05) is 0 Å². The van der Waals surface area contributed by atoms with Gasteiger partial charge in [0.2, 0.25) is 0 Å². The van der Waals surface area contributed by atoms with Crippen LogP contribution in [0.15, 0.2) is 0 Å². The lowest BCUT2D eigenvalue weighted by Crippen LogP contribution is -2.23. The van der Waals surface area contributed by atoms with Crippen LogP contribution >= 0.6 is 0 Å². The summed E-state index contributed by atoms with van der Waals surface area (Å²) >= 11 is 0. The zero-order chi connectivity index (χ0) is 11.2. The molecule has 0 aliphatic heterocycles. The maximum Gasteiger partial charge on any atom is -0.00517 e. The zero-order valence-corrected chi connectivity index (χ0v) is 11.0. The molecule has 0 amide bonds. The summed E-state index contributed by atoms with van der Waals surface area (Å²) in [6.45, 7) is 13.0. The van der Waals surface area contributed by atoms with Gasteiger partial charge < -0.3 is 5.32 Å². The minimum absolute atomic E-state index is 0.496. The van der Waals surface area contributed by atoms with Gasteiger partial charge in [-0.15, -0.1) is 0 Å². The van der Waals surface area contributed by atoms with Gasteiger partial charge in [0.15, 0.2) is 0 Å². The molecule has 0 bridgehead atoms. The zero-order valence-electron chi connectivity index (χ0n) is 11.0. The van der Waals surface area contributed by atoms with E-state index in [1.807, 2.05) is 7.05 Å². The van der Waals surface area contributed by atoms with Crippen molar-refractivity contribution in [2.75, 3.05) is 13.6 Å². The molecule has 0 aromatic rings. The first kappa shape index (κ1) is 14.0. The predicted octanol–water partition coefficient (Wildman–Crippen LogP) is 3.84. The van der Waals surface area contributed by atoms with Gasteiger partial charge in [0.25, 0.3) is 0 Å². The highest BCUT2D eigenvalue weighted by Gasteiger charge is 2.26. The first-order valence-electron chi connectivity index (χ1n) is 5.97. The van der Waals surface area contributed by atoms with Gasteiger partial charge in [-0.1, -0.05) is 41.0 Å². The molecule has 1 N–H and O–H groups in total. The Labute approximate surface area is 90.7 Å². The maximum absolute atomic E-state index is 3.22. The smallest absolute Gasteiger partial charge is 0.00517 e. The third-order valence-corrected chi connectivity index (χ3v) is 3.19. The molecule has 0 radical (unpaired) electrons. The van der Waals surface area contributed by atoms with Crippen molar-refractivity contribution in [3.8, 4) is 0 Å². The molecule has 0 fully saturated rings. The molecule has 0 aromatic carbocycles. The highest BCUT2D eigenvalue weighted by atomic mass is 14.8. The van der Waals surface area contributed by atoms with Gasteiger partial charge in [-0.2, -0.15) is 0 Å². The van der Waals surface area contributed by atoms with Crippen molar-refractivity contribution < 1.29 is 0 Å². The Bertz CT molecular complexity index is 147. The van der Waals surface area contributed by atoms with E-state index in [0.717, 1.165) is 6.54 Å². The van der Waals surface area contributed by atoms with Gasteiger partial charge in [-0.3, -0.25) is 0 Å². The summed E-state index contributed by atoms with van der Waals surface area (Å²) in [4.78, 5) is 0. The van der Waals surface area contributed by atoms with E-state index in [-0.39, 0.29) is 0 Å². The highest BCUT2D eigenvalue weighted by molar-refractivity contribution is 4.78. The van der Waals surface area contributed by atoms with Crippen molar-refractivity contribution in [3.05, 3.63) is 0 Å². The fraction of sp³-hybridized carbons (Fsp3) is 1.00. The normalized spacial score (nSPS) is 13.3. The van der Waals surface area contributed by atoms with Crippen molar-refractivity contribution >= 4 is 0 Å². The van der Waals surface area contributed by atoms with E-state index in [2.05, 4.69) is 39.9 Å². The summed E-state index contributed by atoms with van der Waals surface area (Å²) < 4.78 is 0. The van der Waals surface area contributed by atoms with Crippen LogP contribution in [0.25, 0.3) is 0 Å². The van der Waals surface area contributed by atoms with E-state index in [1.165, 1.54) is 25.7 Å². The first-order valence-corrected chi connectivity index (χ1v) is 5.97. The molecule has 0 saturated carbocycles. The highest BCUT2D eigenvalue weighted by Crippen LogP contribution is 2.38. The van der Waals surface area contributed by atoms with Gasteiger partial charge in [0.1, 0.15) is 0 Å². The van der Waals surface area contributed by atoms with Crippen molar-refractivity contribution in [3.63, 3.8) is 0 Å². The molecule has 0 unspecified atom stereocenters. The summed E-state index contributed by atoms with van der Waals surface area (Å²) in [5, 5.41) is 3.22. The number of hydrogen-bond donors (Lipinski definition) is 1. The summed E-state index contributed by atoms with van der Waals surface area (Å²) in [5.74, 6) is 0. The quantitative estimate of drug-likeness (QED) is 0.614. The van der Waals surface area contributed by atoms with Crippen LogP contribution in [0, 0.1) is 10.8 Å². The molecule has 0 rings (SSSR count). The van der Waals surface area contributed by atoms with Gasteiger partial charge in [-0.25, -0.2) is 0 Å². The topological polar surface area (TPSA) is 12.0 Å². The summed E-state index contributed by atoms with van der Waals surface area (Å²) in [7, 11) is 2.03. The lowest BCUT2D eigenvalue weighted by atomic mass is 9.72. The summed E-state index contributed by atoms with van der Waals surface area (Å²) in [5.41, 5.74) is 1.000. The van der Waals surface area contributed by atoms with E-state index in [1.54, 1.807) is 0 Å². The average Bonchev–Trinajstić information content (AvgIpc) is 2.03. The van der Waals surface area contributed by atoms with Crippen LogP contribution in [0.3, 0.4) is 0 Å². The Hall–Kier alpha value is -0.0400. The van der Waals surface area contributed by atoms with Gasteiger partial charge >= 0.3 is 0 Å². The van der Waals surface area contributed by atoms with Crippen LogP contribution in [0.4, 0.5) is 0 Å². The van der Waals surface area contributed by atoms with Crippen LogP contribution in [-0.2, 0) is 0 Å². The third-order valence-electron chi connectivity index (χ3n) is 3.19. The number of nitrogens with one attached hydrogen (secondary N) is 1. The Morgan fingerprint density at radius 1 is 1.00 bits per heavy atom. The molecule has 1 heteroatoms. The van der Waals surface area contributed by atoms with Crippen LogP contribution in [0.5, 0.6) is 0 Å². The van der Waals surface area contributed by atoms with E-state index in [9.17, 15) is 0 Å². The monoisotopic (exact) mass is 199 g/mol. The molecular weight excluding hydrogens is 170 g/mol. The molecule has 0 aliphatic carbocycles. The van der Waals surface area contributed by atoms with Crippen molar-refractivity contribution in [2.45, 2.75) is 60.3 Å². The molecule has 86 valence electrons. The molecule has 0 aliphatic rings. The van der Waals surface area contributed by atoms with Crippen LogP contribution in [0.1, 0.15) is 60.3 Å². The lowest BCUT2D eigenvalue weighted by Gasteiger charge is -2.34. The molecule has 0 spiro atoms. The fourth-order valence-corrected chi connectivity index (χ4v) is 2.25. The Morgan fingerprint density at radius 2 is 1.57 bits per heavy atom. The lowest BCUT2D eigenvalue weighted by molar-refractivity contribution is 0.174. The maximum atomic E-state index is 3.22. The molecule has 0 saturated heterocycles. The predicted molar refractivity (Wildman–Crippen MR) is 65.6 cm³/mol.